The molecule has 3 nitrogen and oxygen atoms in total. The molecular formula is C15H15N3. The minimum atomic E-state index is 0.923. The number of hydrazone groups is 1. The first-order chi connectivity index (χ1) is 8.84. The van der Waals surface area contributed by atoms with Crippen LogP contribution in [0.25, 0.3) is 0 Å². The van der Waals surface area contributed by atoms with Gasteiger partial charge in [0.15, 0.2) is 0 Å². The minimum absolute atomic E-state index is 0.923. The Kier molecular flexibility index (Phi) is 4.25. The molecule has 0 bridgehead atoms. The van der Waals surface area contributed by atoms with E-state index >= 15 is 0 Å². The SMILES string of the molecule is Cc1ccc(N=CC=NNc2ccccc2)cc1. The predicted molar refractivity (Wildman–Crippen MR) is 77.9 cm³/mol. The second-order valence-corrected chi connectivity index (χ2v) is 3.87. The molecule has 0 aliphatic carbocycles. The van der Waals surface area contributed by atoms with Crippen molar-refractivity contribution in [3.63, 3.8) is 0 Å². The number of anilines is 1. The molecule has 0 atom stereocenters. The Morgan fingerprint density at radius 2 is 1.61 bits per heavy atom. The van der Waals surface area contributed by atoms with Crippen LogP contribution in [0, 0.1) is 6.92 Å². The zero-order valence-electron chi connectivity index (χ0n) is 10.2. The summed E-state index contributed by atoms with van der Waals surface area (Å²) in [4.78, 5) is 4.26. The van der Waals surface area contributed by atoms with Gasteiger partial charge in [0, 0.05) is 6.21 Å². The summed E-state index contributed by atoms with van der Waals surface area (Å²) in [5.41, 5.74) is 6.03. The van der Waals surface area contributed by atoms with E-state index in [0.29, 0.717) is 0 Å². The van der Waals surface area contributed by atoms with Crippen LogP contribution in [0.15, 0.2) is 64.7 Å². The molecule has 0 radical (unpaired) electrons. The van der Waals surface area contributed by atoms with Crippen LogP contribution < -0.4 is 5.43 Å². The lowest BCUT2D eigenvalue weighted by Crippen LogP contribution is -1.88. The Labute approximate surface area is 107 Å². The molecule has 0 heterocycles. The highest BCUT2D eigenvalue weighted by Gasteiger charge is 1.86. The van der Waals surface area contributed by atoms with Crippen molar-refractivity contribution in [3.8, 4) is 0 Å². The lowest BCUT2D eigenvalue weighted by Gasteiger charge is -1.96. The van der Waals surface area contributed by atoms with Gasteiger partial charge in [0.25, 0.3) is 0 Å². The van der Waals surface area contributed by atoms with Crippen LogP contribution in [0.3, 0.4) is 0 Å². The fourth-order valence-corrected chi connectivity index (χ4v) is 1.41. The van der Waals surface area contributed by atoms with Crippen molar-refractivity contribution in [2.75, 3.05) is 5.43 Å². The largest absolute Gasteiger partial charge is 0.278 e. The molecule has 0 aliphatic rings. The average molecular weight is 237 g/mol. The summed E-state index contributed by atoms with van der Waals surface area (Å²) in [6.07, 6.45) is 3.30. The topological polar surface area (TPSA) is 36.8 Å². The first kappa shape index (κ1) is 12.0. The van der Waals surface area contributed by atoms with Crippen molar-refractivity contribution < 1.29 is 0 Å². The quantitative estimate of drug-likeness (QED) is 0.637. The molecule has 0 unspecified atom stereocenters. The number of rotatable bonds is 4. The fraction of sp³-hybridized carbons (Fsp3) is 0.0667. The van der Waals surface area contributed by atoms with Crippen LogP contribution in [-0.4, -0.2) is 12.4 Å². The molecule has 2 aromatic carbocycles. The third-order valence-corrected chi connectivity index (χ3v) is 2.37. The number of hydrogen-bond acceptors (Lipinski definition) is 3. The third-order valence-electron chi connectivity index (χ3n) is 2.37. The number of benzene rings is 2. The second-order valence-electron chi connectivity index (χ2n) is 3.87. The molecule has 0 amide bonds. The molecule has 3 heteroatoms. The number of nitrogens with one attached hydrogen (secondary N) is 1. The van der Waals surface area contributed by atoms with Crippen LogP contribution in [-0.2, 0) is 0 Å². The van der Waals surface area contributed by atoms with Gasteiger partial charge in [0.2, 0.25) is 0 Å². The highest BCUT2D eigenvalue weighted by molar-refractivity contribution is 6.16. The van der Waals surface area contributed by atoms with Crippen molar-refractivity contribution in [1.29, 1.82) is 0 Å². The number of nitrogens with zero attached hydrogens (tertiary/aromatic N) is 2. The summed E-state index contributed by atoms with van der Waals surface area (Å²) in [5, 5.41) is 4.05. The predicted octanol–water partition coefficient (Wildman–Crippen LogP) is 3.80. The molecular weight excluding hydrogens is 222 g/mol. The van der Waals surface area contributed by atoms with E-state index in [9.17, 15) is 0 Å². The maximum absolute atomic E-state index is 4.26. The van der Waals surface area contributed by atoms with Gasteiger partial charge in [-0.15, -0.1) is 0 Å². The van der Waals surface area contributed by atoms with E-state index < -0.39 is 0 Å². The van der Waals surface area contributed by atoms with Crippen LogP contribution in [0.2, 0.25) is 0 Å². The highest BCUT2D eigenvalue weighted by Crippen LogP contribution is 2.11. The summed E-state index contributed by atoms with van der Waals surface area (Å²) in [5.74, 6) is 0. The highest BCUT2D eigenvalue weighted by atomic mass is 15.3. The Morgan fingerprint density at radius 1 is 0.889 bits per heavy atom. The van der Waals surface area contributed by atoms with Gasteiger partial charge in [-0.25, -0.2) is 0 Å². The zero-order chi connectivity index (χ0) is 12.6. The van der Waals surface area contributed by atoms with Crippen LogP contribution in [0.1, 0.15) is 5.56 Å². The third kappa shape index (κ3) is 3.87. The second kappa shape index (κ2) is 6.35. The van der Waals surface area contributed by atoms with Gasteiger partial charge in [-0.1, -0.05) is 35.9 Å². The fourth-order valence-electron chi connectivity index (χ4n) is 1.41. The maximum Gasteiger partial charge on any atom is 0.0655 e. The van der Waals surface area contributed by atoms with E-state index in [0.717, 1.165) is 11.4 Å². The van der Waals surface area contributed by atoms with Gasteiger partial charge in [-0.05, 0) is 31.2 Å². The van der Waals surface area contributed by atoms with E-state index in [1.54, 1.807) is 12.4 Å². The molecule has 0 aromatic heterocycles. The van der Waals surface area contributed by atoms with Crippen molar-refractivity contribution in [2.45, 2.75) is 6.92 Å². The van der Waals surface area contributed by atoms with E-state index in [-0.39, 0.29) is 0 Å². The summed E-state index contributed by atoms with van der Waals surface area (Å²) in [7, 11) is 0. The monoisotopic (exact) mass is 237 g/mol. The molecule has 0 saturated carbocycles. The number of hydrogen-bond donors (Lipinski definition) is 1. The van der Waals surface area contributed by atoms with E-state index in [2.05, 4.69) is 22.4 Å². The van der Waals surface area contributed by atoms with Gasteiger partial charge in [0.05, 0.1) is 17.6 Å². The molecule has 0 spiro atoms. The van der Waals surface area contributed by atoms with E-state index in [1.807, 2.05) is 54.6 Å². The normalized spacial score (nSPS) is 11.2. The van der Waals surface area contributed by atoms with Gasteiger partial charge in [-0.2, -0.15) is 5.10 Å². The minimum Gasteiger partial charge on any atom is -0.278 e. The van der Waals surface area contributed by atoms with Crippen molar-refractivity contribution in [3.05, 3.63) is 60.2 Å². The van der Waals surface area contributed by atoms with Gasteiger partial charge in [-0.3, -0.25) is 10.4 Å². The van der Waals surface area contributed by atoms with Crippen molar-refractivity contribution >= 4 is 23.8 Å². The Morgan fingerprint density at radius 3 is 2.33 bits per heavy atom. The van der Waals surface area contributed by atoms with Crippen LogP contribution in [0.5, 0.6) is 0 Å². The van der Waals surface area contributed by atoms with Gasteiger partial charge < -0.3 is 0 Å². The molecule has 1 N–H and O–H groups in total. The molecule has 2 rings (SSSR count). The Hall–Kier alpha value is -2.42. The van der Waals surface area contributed by atoms with Crippen LogP contribution >= 0.6 is 0 Å². The van der Waals surface area contributed by atoms with Crippen LogP contribution in [0.4, 0.5) is 11.4 Å². The molecule has 18 heavy (non-hydrogen) atoms. The smallest absolute Gasteiger partial charge is 0.0655 e. The molecule has 2 aromatic rings. The number of para-hydroxylation sites is 1. The summed E-state index contributed by atoms with van der Waals surface area (Å²) < 4.78 is 0. The average Bonchev–Trinajstić information content (AvgIpc) is 2.42. The zero-order valence-corrected chi connectivity index (χ0v) is 10.2. The number of aliphatic imine (C=N–C) groups is 1. The first-order valence-electron chi connectivity index (χ1n) is 5.78. The molecule has 90 valence electrons. The summed E-state index contributed by atoms with van der Waals surface area (Å²) >= 11 is 0. The lowest BCUT2D eigenvalue weighted by atomic mass is 10.2. The lowest BCUT2D eigenvalue weighted by molar-refractivity contribution is 1.36. The standard InChI is InChI=1S/C15H15N3/c1-13-7-9-14(10-8-13)16-11-12-17-18-15-5-3-2-4-6-15/h2-12,18H,1H3. The summed E-state index contributed by atoms with van der Waals surface area (Å²) in [6.45, 7) is 2.05. The van der Waals surface area contributed by atoms with E-state index in [4.69, 9.17) is 0 Å². The van der Waals surface area contributed by atoms with Gasteiger partial charge >= 0.3 is 0 Å². The van der Waals surface area contributed by atoms with E-state index in [1.165, 1.54) is 5.56 Å². The molecule has 0 aliphatic heterocycles. The Balaban J connectivity index is 1.86. The maximum atomic E-state index is 4.26. The van der Waals surface area contributed by atoms with Crippen molar-refractivity contribution in [1.82, 2.24) is 0 Å². The number of aryl methyl sites for hydroxylation is 1. The summed E-state index contributed by atoms with van der Waals surface area (Å²) in [6, 6.07) is 17.8. The molecule has 0 fully saturated rings. The van der Waals surface area contributed by atoms with Gasteiger partial charge in [0.1, 0.15) is 0 Å². The Bertz CT molecular complexity index is 527. The van der Waals surface area contributed by atoms with Crippen molar-refractivity contribution in [2.24, 2.45) is 10.1 Å². The first-order valence-corrected chi connectivity index (χ1v) is 5.78. The molecule has 0 saturated heterocycles.